The van der Waals surface area contributed by atoms with Crippen molar-refractivity contribution in [3.8, 4) is 0 Å². The van der Waals surface area contributed by atoms with E-state index in [4.69, 9.17) is 28.9 Å². The van der Waals surface area contributed by atoms with Crippen molar-refractivity contribution in [2.24, 2.45) is 5.73 Å². The van der Waals surface area contributed by atoms with Crippen molar-refractivity contribution in [3.05, 3.63) is 69.0 Å². The van der Waals surface area contributed by atoms with Gasteiger partial charge in [0.15, 0.2) is 0 Å². The van der Waals surface area contributed by atoms with Crippen LogP contribution in [-0.2, 0) is 0 Å². The summed E-state index contributed by atoms with van der Waals surface area (Å²) in [6.45, 7) is 1.70. The van der Waals surface area contributed by atoms with Gasteiger partial charge in [-0.1, -0.05) is 41.4 Å². The fourth-order valence-electron chi connectivity index (χ4n) is 1.83. The molecule has 0 aliphatic rings. The second-order valence-electron chi connectivity index (χ2n) is 4.12. The first kappa shape index (κ1) is 13.3. The van der Waals surface area contributed by atoms with E-state index in [1.807, 2.05) is 0 Å². The molecule has 2 N–H and O–H groups in total. The van der Waals surface area contributed by atoms with Gasteiger partial charge < -0.3 is 5.73 Å². The minimum Gasteiger partial charge on any atom is -0.320 e. The fourth-order valence-corrected chi connectivity index (χ4v) is 2.25. The van der Waals surface area contributed by atoms with E-state index in [-0.39, 0.29) is 5.82 Å². The molecule has 0 saturated carbocycles. The van der Waals surface area contributed by atoms with Crippen LogP contribution in [0.5, 0.6) is 0 Å². The van der Waals surface area contributed by atoms with Crippen LogP contribution in [0.2, 0.25) is 10.0 Å². The van der Waals surface area contributed by atoms with Crippen molar-refractivity contribution in [2.45, 2.75) is 13.0 Å². The highest BCUT2D eigenvalue weighted by Crippen LogP contribution is 2.30. The van der Waals surface area contributed by atoms with Crippen LogP contribution >= 0.6 is 23.2 Å². The van der Waals surface area contributed by atoms with Crippen LogP contribution in [0.1, 0.15) is 22.7 Å². The van der Waals surface area contributed by atoms with Crippen molar-refractivity contribution in [3.63, 3.8) is 0 Å². The van der Waals surface area contributed by atoms with Gasteiger partial charge in [0.25, 0.3) is 0 Å². The van der Waals surface area contributed by atoms with Crippen molar-refractivity contribution < 1.29 is 4.39 Å². The van der Waals surface area contributed by atoms with E-state index in [1.54, 1.807) is 43.3 Å². The van der Waals surface area contributed by atoms with Crippen molar-refractivity contribution >= 4 is 23.2 Å². The summed E-state index contributed by atoms with van der Waals surface area (Å²) in [6.07, 6.45) is 0. The maximum absolute atomic E-state index is 14.0. The van der Waals surface area contributed by atoms with E-state index in [9.17, 15) is 4.39 Å². The lowest BCUT2D eigenvalue weighted by molar-refractivity contribution is 0.591. The van der Waals surface area contributed by atoms with Crippen LogP contribution < -0.4 is 5.73 Å². The molecule has 2 aromatic rings. The summed E-state index contributed by atoms with van der Waals surface area (Å²) in [5, 5.41) is 1.01. The number of aryl methyl sites for hydroxylation is 1. The normalized spacial score (nSPS) is 12.5. The van der Waals surface area contributed by atoms with Gasteiger partial charge >= 0.3 is 0 Å². The number of rotatable bonds is 2. The Bertz CT molecular complexity index is 582. The second-order valence-corrected chi connectivity index (χ2v) is 4.97. The maximum Gasteiger partial charge on any atom is 0.131 e. The Morgan fingerprint density at radius 3 is 2.56 bits per heavy atom. The number of halogens is 3. The molecule has 0 aromatic heterocycles. The smallest absolute Gasteiger partial charge is 0.131 e. The summed E-state index contributed by atoms with van der Waals surface area (Å²) in [4.78, 5) is 0. The first-order valence-electron chi connectivity index (χ1n) is 5.46. The Kier molecular flexibility index (Phi) is 3.91. The third kappa shape index (κ3) is 2.51. The molecule has 18 heavy (non-hydrogen) atoms. The predicted octanol–water partition coefficient (Wildman–Crippen LogP) is 4.49. The molecule has 1 nitrogen and oxygen atoms in total. The molecule has 0 fully saturated rings. The van der Waals surface area contributed by atoms with E-state index in [0.29, 0.717) is 26.7 Å². The highest BCUT2D eigenvalue weighted by atomic mass is 35.5. The fraction of sp³-hybridized carbons (Fsp3) is 0.143. The summed E-state index contributed by atoms with van der Waals surface area (Å²) >= 11 is 12.0. The molecule has 0 heterocycles. The topological polar surface area (TPSA) is 26.0 Å². The highest BCUT2D eigenvalue weighted by Gasteiger charge is 2.17. The van der Waals surface area contributed by atoms with Gasteiger partial charge in [-0.05, 0) is 36.2 Å². The van der Waals surface area contributed by atoms with Crippen LogP contribution in [0.3, 0.4) is 0 Å². The number of nitrogens with two attached hydrogens (primary N) is 1. The summed E-state index contributed by atoms with van der Waals surface area (Å²) < 4.78 is 14.0. The maximum atomic E-state index is 14.0. The van der Waals surface area contributed by atoms with E-state index in [2.05, 4.69) is 0 Å². The minimum atomic E-state index is -0.629. The molecule has 1 unspecified atom stereocenters. The number of hydrogen-bond acceptors (Lipinski definition) is 1. The molecule has 2 aromatic carbocycles. The number of benzene rings is 2. The average Bonchev–Trinajstić information content (AvgIpc) is 2.35. The molecule has 2 rings (SSSR count). The van der Waals surface area contributed by atoms with E-state index in [1.165, 1.54) is 0 Å². The zero-order valence-electron chi connectivity index (χ0n) is 9.75. The lowest BCUT2D eigenvalue weighted by Gasteiger charge is -2.16. The quantitative estimate of drug-likeness (QED) is 0.864. The Morgan fingerprint density at radius 2 is 1.83 bits per heavy atom. The Morgan fingerprint density at radius 1 is 1.11 bits per heavy atom. The van der Waals surface area contributed by atoms with Crippen molar-refractivity contribution in [1.82, 2.24) is 0 Å². The lowest BCUT2D eigenvalue weighted by atomic mass is 9.97. The SMILES string of the molecule is Cc1cccc(C(N)c2cc(Cl)ccc2Cl)c1F. The molecule has 0 saturated heterocycles. The predicted molar refractivity (Wildman–Crippen MR) is 73.6 cm³/mol. The first-order valence-corrected chi connectivity index (χ1v) is 6.22. The van der Waals surface area contributed by atoms with Crippen LogP contribution in [-0.4, -0.2) is 0 Å². The Balaban J connectivity index is 2.51. The standard InChI is InChI=1S/C14H12Cl2FN/c1-8-3-2-4-10(13(8)17)14(18)11-7-9(15)5-6-12(11)16/h2-7,14H,18H2,1H3. The molecule has 0 aliphatic carbocycles. The van der Waals surface area contributed by atoms with Gasteiger partial charge in [-0.2, -0.15) is 0 Å². The summed E-state index contributed by atoms with van der Waals surface area (Å²) in [5.41, 5.74) is 7.66. The van der Waals surface area contributed by atoms with Gasteiger partial charge in [-0.25, -0.2) is 4.39 Å². The van der Waals surface area contributed by atoms with Crippen LogP contribution in [0, 0.1) is 12.7 Å². The molecule has 4 heteroatoms. The monoisotopic (exact) mass is 283 g/mol. The highest BCUT2D eigenvalue weighted by molar-refractivity contribution is 6.33. The molecular formula is C14H12Cl2FN. The van der Waals surface area contributed by atoms with Crippen LogP contribution in [0.25, 0.3) is 0 Å². The van der Waals surface area contributed by atoms with Crippen LogP contribution in [0.4, 0.5) is 4.39 Å². The van der Waals surface area contributed by atoms with Gasteiger partial charge in [-0.3, -0.25) is 0 Å². The van der Waals surface area contributed by atoms with E-state index < -0.39 is 6.04 Å². The molecule has 1 atom stereocenters. The van der Waals surface area contributed by atoms with Gasteiger partial charge in [0, 0.05) is 15.6 Å². The third-order valence-corrected chi connectivity index (χ3v) is 3.43. The Labute approximate surface area is 115 Å². The van der Waals surface area contributed by atoms with Gasteiger partial charge in [0.2, 0.25) is 0 Å². The third-order valence-electron chi connectivity index (χ3n) is 2.85. The molecule has 0 radical (unpaired) electrons. The lowest BCUT2D eigenvalue weighted by Crippen LogP contribution is -2.14. The molecule has 0 spiro atoms. The summed E-state index contributed by atoms with van der Waals surface area (Å²) in [5.74, 6) is -0.305. The van der Waals surface area contributed by atoms with Crippen molar-refractivity contribution in [2.75, 3.05) is 0 Å². The first-order chi connectivity index (χ1) is 8.50. The van der Waals surface area contributed by atoms with Gasteiger partial charge in [0.05, 0.1) is 6.04 Å². The minimum absolute atomic E-state index is 0.305. The summed E-state index contributed by atoms with van der Waals surface area (Å²) in [7, 11) is 0. The number of hydrogen-bond donors (Lipinski definition) is 1. The molecule has 94 valence electrons. The molecule has 0 bridgehead atoms. The Hall–Kier alpha value is -1.09. The van der Waals surface area contributed by atoms with Crippen molar-refractivity contribution in [1.29, 1.82) is 0 Å². The van der Waals surface area contributed by atoms with Gasteiger partial charge in [-0.15, -0.1) is 0 Å². The van der Waals surface area contributed by atoms with Gasteiger partial charge in [0.1, 0.15) is 5.82 Å². The van der Waals surface area contributed by atoms with E-state index in [0.717, 1.165) is 0 Å². The average molecular weight is 284 g/mol. The molecular weight excluding hydrogens is 272 g/mol. The zero-order chi connectivity index (χ0) is 13.3. The van der Waals surface area contributed by atoms with Crippen LogP contribution in [0.15, 0.2) is 36.4 Å². The largest absolute Gasteiger partial charge is 0.320 e. The zero-order valence-corrected chi connectivity index (χ0v) is 11.3. The second kappa shape index (κ2) is 5.27. The molecule has 0 aliphatic heterocycles. The summed E-state index contributed by atoms with van der Waals surface area (Å²) in [6, 6.07) is 9.49. The van der Waals surface area contributed by atoms with E-state index >= 15 is 0 Å². The molecule has 0 amide bonds.